The second kappa shape index (κ2) is 6.79. The number of para-hydroxylation sites is 3. The van der Waals surface area contributed by atoms with Crippen LogP contribution in [-0.2, 0) is 0 Å². The molecule has 1 unspecified atom stereocenters. The molecule has 2 aromatic rings. The number of urea groups is 1. The summed E-state index contributed by atoms with van der Waals surface area (Å²) in [6.07, 6.45) is 1.000. The summed E-state index contributed by atoms with van der Waals surface area (Å²) in [5.74, 6) is 0.412. The highest BCUT2D eigenvalue weighted by atomic mass is 16.3. The number of phenols is 1. The van der Waals surface area contributed by atoms with Crippen LogP contribution in [0.3, 0.4) is 0 Å². The van der Waals surface area contributed by atoms with Crippen molar-refractivity contribution in [2.45, 2.75) is 26.2 Å². The molecule has 21 heavy (non-hydrogen) atoms. The molecule has 0 heterocycles. The number of carbonyl (C=O) groups is 1. The maximum Gasteiger partial charge on any atom is 0.323 e. The first kappa shape index (κ1) is 14.9. The minimum absolute atomic E-state index is 0.0443. The summed E-state index contributed by atoms with van der Waals surface area (Å²) < 4.78 is 0. The fraction of sp³-hybridized carbons (Fsp3) is 0.235. The monoisotopic (exact) mass is 284 g/mol. The Morgan fingerprint density at radius 3 is 2.29 bits per heavy atom. The van der Waals surface area contributed by atoms with Crippen LogP contribution in [0, 0.1) is 0 Å². The summed E-state index contributed by atoms with van der Waals surface area (Å²) in [7, 11) is 0. The lowest BCUT2D eigenvalue weighted by molar-refractivity contribution is 0.262. The van der Waals surface area contributed by atoms with Crippen molar-refractivity contribution in [1.29, 1.82) is 0 Å². The number of anilines is 2. The minimum Gasteiger partial charge on any atom is -0.506 e. The lowest BCUT2D eigenvalue weighted by atomic mass is 9.97. The van der Waals surface area contributed by atoms with E-state index in [1.165, 1.54) is 6.07 Å². The number of hydrogen-bond acceptors (Lipinski definition) is 2. The van der Waals surface area contributed by atoms with E-state index in [4.69, 9.17) is 0 Å². The molecule has 0 aliphatic rings. The first-order valence-corrected chi connectivity index (χ1v) is 7.06. The molecular formula is C17H20N2O2. The quantitative estimate of drug-likeness (QED) is 0.721. The second-order valence-electron chi connectivity index (χ2n) is 4.99. The SMILES string of the molecule is CCC(C)c1ccccc1NC(=O)Nc1ccccc1O. The lowest BCUT2D eigenvalue weighted by Gasteiger charge is -2.16. The van der Waals surface area contributed by atoms with Crippen molar-refractivity contribution in [2.75, 3.05) is 10.6 Å². The molecule has 4 nitrogen and oxygen atoms in total. The smallest absolute Gasteiger partial charge is 0.323 e. The molecule has 0 bridgehead atoms. The van der Waals surface area contributed by atoms with Crippen LogP contribution in [0.2, 0.25) is 0 Å². The van der Waals surface area contributed by atoms with Crippen LogP contribution >= 0.6 is 0 Å². The molecular weight excluding hydrogens is 264 g/mol. The van der Waals surface area contributed by atoms with E-state index in [-0.39, 0.29) is 11.8 Å². The minimum atomic E-state index is -0.368. The number of benzene rings is 2. The lowest BCUT2D eigenvalue weighted by Crippen LogP contribution is -2.20. The van der Waals surface area contributed by atoms with Gasteiger partial charge in [0.05, 0.1) is 5.69 Å². The number of aromatic hydroxyl groups is 1. The van der Waals surface area contributed by atoms with Gasteiger partial charge < -0.3 is 15.7 Å². The third kappa shape index (κ3) is 3.75. The Hall–Kier alpha value is -2.49. The van der Waals surface area contributed by atoms with Gasteiger partial charge in [-0.3, -0.25) is 0 Å². The molecule has 0 aromatic heterocycles. The molecule has 2 aromatic carbocycles. The molecule has 0 aliphatic carbocycles. The van der Waals surface area contributed by atoms with Gasteiger partial charge in [-0.15, -0.1) is 0 Å². The van der Waals surface area contributed by atoms with Crippen molar-refractivity contribution in [3.63, 3.8) is 0 Å². The highest BCUT2D eigenvalue weighted by molar-refractivity contribution is 6.01. The van der Waals surface area contributed by atoms with Crippen molar-refractivity contribution in [1.82, 2.24) is 0 Å². The summed E-state index contributed by atoms with van der Waals surface area (Å²) in [5, 5.41) is 15.1. The molecule has 0 spiro atoms. The number of rotatable bonds is 4. The van der Waals surface area contributed by atoms with Gasteiger partial charge >= 0.3 is 6.03 Å². The van der Waals surface area contributed by atoms with Crippen LogP contribution in [0.1, 0.15) is 31.7 Å². The van der Waals surface area contributed by atoms with E-state index < -0.39 is 0 Å². The van der Waals surface area contributed by atoms with Crippen LogP contribution < -0.4 is 10.6 Å². The first-order chi connectivity index (χ1) is 10.1. The fourth-order valence-electron chi connectivity index (χ4n) is 2.12. The third-order valence-electron chi connectivity index (χ3n) is 3.50. The highest BCUT2D eigenvalue weighted by Crippen LogP contribution is 2.27. The van der Waals surface area contributed by atoms with Crippen LogP contribution in [0.15, 0.2) is 48.5 Å². The third-order valence-corrected chi connectivity index (χ3v) is 3.50. The maximum atomic E-state index is 12.1. The zero-order valence-electron chi connectivity index (χ0n) is 12.3. The summed E-state index contributed by atoms with van der Waals surface area (Å²) in [6.45, 7) is 4.24. The average molecular weight is 284 g/mol. The zero-order valence-corrected chi connectivity index (χ0v) is 12.3. The van der Waals surface area contributed by atoms with Crippen molar-refractivity contribution >= 4 is 17.4 Å². The van der Waals surface area contributed by atoms with Crippen LogP contribution in [-0.4, -0.2) is 11.1 Å². The van der Waals surface area contributed by atoms with Crippen molar-refractivity contribution in [3.05, 3.63) is 54.1 Å². The molecule has 0 fully saturated rings. The molecule has 1 atom stereocenters. The van der Waals surface area contributed by atoms with Gasteiger partial charge in [-0.05, 0) is 36.1 Å². The van der Waals surface area contributed by atoms with E-state index in [9.17, 15) is 9.90 Å². The van der Waals surface area contributed by atoms with Crippen LogP contribution in [0.5, 0.6) is 5.75 Å². The Balaban J connectivity index is 2.12. The molecule has 4 heteroatoms. The molecule has 2 amide bonds. The van der Waals surface area contributed by atoms with E-state index in [1.807, 2.05) is 24.3 Å². The Kier molecular flexibility index (Phi) is 4.82. The normalized spacial score (nSPS) is 11.7. The molecule has 3 N–H and O–H groups in total. The molecule has 2 rings (SSSR count). The zero-order chi connectivity index (χ0) is 15.2. The molecule has 0 radical (unpaired) electrons. The molecule has 110 valence electrons. The van der Waals surface area contributed by atoms with Gasteiger partial charge in [0.1, 0.15) is 5.75 Å². The van der Waals surface area contributed by atoms with E-state index in [0.717, 1.165) is 17.7 Å². The number of phenolic OH excluding ortho intramolecular Hbond substituents is 1. The predicted molar refractivity (Wildman–Crippen MR) is 85.9 cm³/mol. The molecule has 0 aliphatic heterocycles. The topological polar surface area (TPSA) is 61.4 Å². The largest absolute Gasteiger partial charge is 0.506 e. The van der Waals surface area contributed by atoms with E-state index in [1.54, 1.807) is 18.2 Å². The van der Waals surface area contributed by atoms with Gasteiger partial charge in [0.15, 0.2) is 0 Å². The number of amides is 2. The number of hydrogen-bond donors (Lipinski definition) is 3. The van der Waals surface area contributed by atoms with Gasteiger partial charge in [0, 0.05) is 5.69 Å². The second-order valence-corrected chi connectivity index (χ2v) is 4.99. The Morgan fingerprint density at radius 1 is 1.05 bits per heavy atom. The highest BCUT2D eigenvalue weighted by Gasteiger charge is 2.11. The number of nitrogens with one attached hydrogen (secondary N) is 2. The van der Waals surface area contributed by atoms with E-state index in [2.05, 4.69) is 24.5 Å². The molecule has 0 saturated carbocycles. The van der Waals surface area contributed by atoms with Crippen molar-refractivity contribution < 1.29 is 9.90 Å². The first-order valence-electron chi connectivity index (χ1n) is 7.06. The van der Waals surface area contributed by atoms with E-state index >= 15 is 0 Å². The number of carbonyl (C=O) groups excluding carboxylic acids is 1. The predicted octanol–water partition coefficient (Wildman–Crippen LogP) is 4.55. The standard InChI is InChI=1S/C17H20N2O2/c1-3-12(2)13-8-4-5-9-14(13)18-17(21)19-15-10-6-7-11-16(15)20/h4-12,20H,3H2,1-2H3,(H2,18,19,21). The van der Waals surface area contributed by atoms with E-state index in [0.29, 0.717) is 11.6 Å². The van der Waals surface area contributed by atoms with Gasteiger partial charge in [-0.25, -0.2) is 4.79 Å². The maximum absolute atomic E-state index is 12.1. The van der Waals surface area contributed by atoms with Gasteiger partial charge in [0.25, 0.3) is 0 Å². The van der Waals surface area contributed by atoms with Gasteiger partial charge in [-0.1, -0.05) is 44.2 Å². The summed E-state index contributed by atoms with van der Waals surface area (Å²) in [6, 6.07) is 14.0. The molecule has 0 saturated heterocycles. The van der Waals surface area contributed by atoms with Gasteiger partial charge in [0.2, 0.25) is 0 Å². The fourth-order valence-corrected chi connectivity index (χ4v) is 2.12. The summed E-state index contributed by atoms with van der Waals surface area (Å²) >= 11 is 0. The van der Waals surface area contributed by atoms with Gasteiger partial charge in [-0.2, -0.15) is 0 Å². The van der Waals surface area contributed by atoms with Crippen molar-refractivity contribution in [2.24, 2.45) is 0 Å². The Labute approximate surface area is 124 Å². The van der Waals surface area contributed by atoms with Crippen molar-refractivity contribution in [3.8, 4) is 5.75 Å². The summed E-state index contributed by atoms with van der Waals surface area (Å²) in [4.78, 5) is 12.1. The van der Waals surface area contributed by atoms with Crippen LogP contribution in [0.25, 0.3) is 0 Å². The average Bonchev–Trinajstić information content (AvgIpc) is 2.49. The summed E-state index contributed by atoms with van der Waals surface area (Å²) in [5.41, 5.74) is 2.28. The van der Waals surface area contributed by atoms with Crippen LogP contribution in [0.4, 0.5) is 16.2 Å². The Bertz CT molecular complexity index is 626. The Morgan fingerprint density at radius 2 is 1.62 bits per heavy atom.